The van der Waals surface area contributed by atoms with Crippen LogP contribution in [0.2, 0.25) is 0 Å². The fourth-order valence-electron chi connectivity index (χ4n) is 2.37. The van der Waals surface area contributed by atoms with Crippen LogP contribution in [0.5, 0.6) is 0 Å². The molecule has 1 saturated heterocycles. The second-order valence-electron chi connectivity index (χ2n) is 5.90. The van der Waals surface area contributed by atoms with Crippen molar-refractivity contribution in [3.8, 4) is 0 Å². The molecule has 0 bridgehead atoms. The van der Waals surface area contributed by atoms with Gasteiger partial charge in [-0.3, -0.25) is 0 Å². The standard InChI is InChI=1S/C14H33N5O4/c20-7-11-3-15-1-2-16-12(8-21)4-18-14(10-23)6-19-13(9-22)5-17-11/h11-23H,1-10H2/t11?,12-,13-,14+/m1/s1. The predicted molar refractivity (Wildman–Crippen MR) is 88.4 cm³/mol. The maximum absolute atomic E-state index is 9.43. The van der Waals surface area contributed by atoms with Crippen LogP contribution in [0.25, 0.3) is 0 Å². The average molecular weight is 335 g/mol. The van der Waals surface area contributed by atoms with E-state index >= 15 is 0 Å². The minimum atomic E-state index is -0.156. The quantitative estimate of drug-likeness (QED) is 0.248. The van der Waals surface area contributed by atoms with Crippen molar-refractivity contribution in [2.24, 2.45) is 0 Å². The van der Waals surface area contributed by atoms with Gasteiger partial charge in [0.2, 0.25) is 0 Å². The van der Waals surface area contributed by atoms with E-state index in [1.54, 1.807) is 0 Å². The Balaban J connectivity index is 2.58. The molecule has 4 atom stereocenters. The fourth-order valence-corrected chi connectivity index (χ4v) is 2.37. The molecule has 1 aliphatic heterocycles. The normalized spacial score (nSPS) is 32.9. The van der Waals surface area contributed by atoms with Gasteiger partial charge in [-0.15, -0.1) is 0 Å². The van der Waals surface area contributed by atoms with Gasteiger partial charge >= 0.3 is 0 Å². The lowest BCUT2D eigenvalue weighted by Crippen LogP contribution is -2.53. The Labute approximate surface area is 137 Å². The zero-order valence-corrected chi connectivity index (χ0v) is 13.7. The first kappa shape index (κ1) is 20.7. The lowest BCUT2D eigenvalue weighted by Gasteiger charge is -2.24. The topological polar surface area (TPSA) is 141 Å². The highest BCUT2D eigenvalue weighted by molar-refractivity contribution is 4.80. The van der Waals surface area contributed by atoms with Crippen LogP contribution in [-0.4, -0.2) is 110 Å². The lowest BCUT2D eigenvalue weighted by molar-refractivity contribution is 0.193. The molecule has 9 N–H and O–H groups in total. The van der Waals surface area contributed by atoms with E-state index in [0.717, 1.165) is 6.54 Å². The van der Waals surface area contributed by atoms with Gasteiger partial charge in [-0.25, -0.2) is 0 Å². The summed E-state index contributed by atoms with van der Waals surface area (Å²) in [5.41, 5.74) is 0. The molecule has 0 aromatic carbocycles. The van der Waals surface area contributed by atoms with Crippen molar-refractivity contribution in [3.05, 3.63) is 0 Å². The molecule has 9 heteroatoms. The summed E-state index contributed by atoms with van der Waals surface area (Å²) >= 11 is 0. The van der Waals surface area contributed by atoms with Gasteiger partial charge in [-0.2, -0.15) is 0 Å². The molecule has 1 rings (SSSR count). The average Bonchev–Trinajstić information content (AvgIpc) is 2.59. The van der Waals surface area contributed by atoms with Gasteiger partial charge in [0.15, 0.2) is 0 Å². The number of rotatable bonds is 4. The minimum absolute atomic E-state index is 0.0126. The van der Waals surface area contributed by atoms with Gasteiger partial charge in [0.05, 0.1) is 26.4 Å². The molecular formula is C14H33N5O4. The molecular weight excluding hydrogens is 302 g/mol. The Morgan fingerprint density at radius 1 is 0.522 bits per heavy atom. The number of hydrogen-bond donors (Lipinski definition) is 9. The van der Waals surface area contributed by atoms with E-state index in [1.165, 1.54) is 0 Å². The maximum Gasteiger partial charge on any atom is 0.0597 e. The number of aliphatic hydroxyl groups excluding tert-OH is 4. The van der Waals surface area contributed by atoms with E-state index in [-0.39, 0.29) is 50.6 Å². The van der Waals surface area contributed by atoms with Crippen LogP contribution in [0, 0.1) is 0 Å². The summed E-state index contributed by atoms with van der Waals surface area (Å²) in [6.07, 6.45) is 0. The van der Waals surface area contributed by atoms with Crippen molar-refractivity contribution in [1.29, 1.82) is 0 Å². The minimum Gasteiger partial charge on any atom is -0.395 e. The summed E-state index contributed by atoms with van der Waals surface area (Å²) in [4.78, 5) is 0. The molecule has 0 saturated carbocycles. The number of hydrogen-bond acceptors (Lipinski definition) is 9. The summed E-state index contributed by atoms with van der Waals surface area (Å²) < 4.78 is 0. The van der Waals surface area contributed by atoms with Gasteiger partial charge in [0.1, 0.15) is 0 Å². The predicted octanol–water partition coefficient (Wildman–Crippen LogP) is -4.61. The molecule has 23 heavy (non-hydrogen) atoms. The fraction of sp³-hybridized carbons (Fsp3) is 1.00. The Hall–Kier alpha value is -0.360. The van der Waals surface area contributed by atoms with Gasteiger partial charge in [0, 0.05) is 63.4 Å². The highest BCUT2D eigenvalue weighted by Gasteiger charge is 2.16. The Bertz CT molecular complexity index is 262. The van der Waals surface area contributed by atoms with E-state index in [0.29, 0.717) is 32.7 Å². The summed E-state index contributed by atoms with van der Waals surface area (Å²) in [5, 5.41) is 53.7. The highest BCUT2D eigenvalue weighted by atomic mass is 16.3. The zero-order chi connectivity index (χ0) is 16.9. The van der Waals surface area contributed by atoms with Gasteiger partial charge < -0.3 is 47.0 Å². The second-order valence-corrected chi connectivity index (χ2v) is 5.90. The first-order valence-corrected chi connectivity index (χ1v) is 8.31. The van der Waals surface area contributed by atoms with Crippen molar-refractivity contribution in [2.45, 2.75) is 24.2 Å². The first-order chi connectivity index (χ1) is 11.2. The smallest absolute Gasteiger partial charge is 0.0597 e. The van der Waals surface area contributed by atoms with E-state index in [4.69, 9.17) is 0 Å². The van der Waals surface area contributed by atoms with Crippen molar-refractivity contribution >= 4 is 0 Å². The van der Waals surface area contributed by atoms with E-state index in [1.807, 2.05) is 0 Å². The van der Waals surface area contributed by atoms with E-state index in [9.17, 15) is 20.4 Å². The Kier molecular flexibility index (Phi) is 11.7. The molecule has 9 nitrogen and oxygen atoms in total. The van der Waals surface area contributed by atoms with Gasteiger partial charge in [-0.05, 0) is 0 Å². The number of nitrogens with one attached hydrogen (secondary N) is 5. The molecule has 1 unspecified atom stereocenters. The van der Waals surface area contributed by atoms with Crippen molar-refractivity contribution in [1.82, 2.24) is 26.6 Å². The van der Waals surface area contributed by atoms with Crippen molar-refractivity contribution in [3.63, 3.8) is 0 Å². The molecule has 1 fully saturated rings. The molecule has 138 valence electrons. The molecule has 1 aliphatic rings. The van der Waals surface area contributed by atoms with Crippen LogP contribution in [0.1, 0.15) is 0 Å². The van der Waals surface area contributed by atoms with Gasteiger partial charge in [-0.1, -0.05) is 0 Å². The van der Waals surface area contributed by atoms with Crippen LogP contribution in [0.15, 0.2) is 0 Å². The first-order valence-electron chi connectivity index (χ1n) is 8.31. The van der Waals surface area contributed by atoms with Crippen LogP contribution < -0.4 is 26.6 Å². The Morgan fingerprint density at radius 2 is 0.913 bits per heavy atom. The van der Waals surface area contributed by atoms with E-state index in [2.05, 4.69) is 26.6 Å². The van der Waals surface area contributed by atoms with E-state index < -0.39 is 0 Å². The van der Waals surface area contributed by atoms with Crippen molar-refractivity contribution < 1.29 is 20.4 Å². The molecule has 0 aromatic rings. The van der Waals surface area contributed by atoms with Crippen LogP contribution in [0.4, 0.5) is 0 Å². The largest absolute Gasteiger partial charge is 0.395 e. The highest BCUT2D eigenvalue weighted by Crippen LogP contribution is 1.89. The zero-order valence-electron chi connectivity index (χ0n) is 13.7. The summed E-state index contributed by atoms with van der Waals surface area (Å²) in [6.45, 7) is 3.59. The Morgan fingerprint density at radius 3 is 1.35 bits per heavy atom. The monoisotopic (exact) mass is 335 g/mol. The maximum atomic E-state index is 9.43. The molecule has 0 amide bonds. The third-order valence-corrected chi connectivity index (χ3v) is 3.97. The molecule has 0 radical (unpaired) electrons. The third-order valence-electron chi connectivity index (χ3n) is 3.97. The molecule has 0 spiro atoms. The number of aliphatic hydroxyl groups is 4. The van der Waals surface area contributed by atoms with Crippen molar-refractivity contribution in [2.75, 3.05) is 65.7 Å². The van der Waals surface area contributed by atoms with Crippen LogP contribution >= 0.6 is 0 Å². The molecule has 0 aliphatic carbocycles. The van der Waals surface area contributed by atoms with Crippen LogP contribution in [0.3, 0.4) is 0 Å². The summed E-state index contributed by atoms with van der Waals surface area (Å²) in [7, 11) is 0. The lowest BCUT2D eigenvalue weighted by atomic mass is 10.2. The van der Waals surface area contributed by atoms with Gasteiger partial charge in [0.25, 0.3) is 0 Å². The SMILES string of the molecule is OCC1CNCCN[C@@H](CO)CN[C@H](CO)CN[C@@H](CO)CN1. The summed E-state index contributed by atoms with van der Waals surface area (Å²) in [6, 6.07) is -0.485. The molecule has 0 aromatic heterocycles. The van der Waals surface area contributed by atoms with Crippen LogP contribution in [-0.2, 0) is 0 Å². The third kappa shape index (κ3) is 8.89. The second kappa shape index (κ2) is 13.0. The summed E-state index contributed by atoms with van der Waals surface area (Å²) in [5.74, 6) is 0. The molecule has 1 heterocycles.